The van der Waals surface area contributed by atoms with Gasteiger partial charge in [0, 0.05) is 0 Å². The van der Waals surface area contributed by atoms with Crippen molar-refractivity contribution in [2.24, 2.45) is 0 Å². The first-order chi connectivity index (χ1) is 9.16. The van der Waals surface area contributed by atoms with E-state index in [0.29, 0.717) is 11.0 Å². The number of carboxylic acids is 1. The first-order valence-electron chi connectivity index (χ1n) is 6.42. The number of benzene rings is 1. The van der Waals surface area contributed by atoms with Crippen molar-refractivity contribution in [3.05, 3.63) is 23.8 Å². The Morgan fingerprint density at radius 2 is 2.11 bits per heavy atom. The molecule has 1 aliphatic rings. The molecule has 2 heterocycles. The van der Waals surface area contributed by atoms with Gasteiger partial charge in [0.15, 0.2) is 0 Å². The molecule has 0 saturated carbocycles. The van der Waals surface area contributed by atoms with E-state index in [0.717, 1.165) is 25.9 Å². The number of nitrogens with zero attached hydrogens (tertiary/aromatic N) is 4. The van der Waals surface area contributed by atoms with Crippen LogP contribution in [0.15, 0.2) is 18.2 Å². The zero-order valence-electron chi connectivity index (χ0n) is 10.8. The maximum Gasteiger partial charge on any atom is 0.337 e. The van der Waals surface area contributed by atoms with Crippen molar-refractivity contribution in [1.82, 2.24) is 19.9 Å². The van der Waals surface area contributed by atoms with Gasteiger partial charge in [-0.25, -0.2) is 9.48 Å². The van der Waals surface area contributed by atoms with Crippen molar-refractivity contribution in [2.75, 3.05) is 20.1 Å². The van der Waals surface area contributed by atoms with Crippen LogP contribution in [0.5, 0.6) is 0 Å². The minimum atomic E-state index is -0.929. The van der Waals surface area contributed by atoms with Crippen LogP contribution in [0, 0.1) is 0 Å². The van der Waals surface area contributed by atoms with E-state index >= 15 is 0 Å². The summed E-state index contributed by atoms with van der Waals surface area (Å²) < 4.78 is 1.80. The number of hydrogen-bond donors (Lipinski definition) is 1. The normalized spacial score (nSPS) is 17.9. The van der Waals surface area contributed by atoms with E-state index < -0.39 is 5.97 Å². The largest absolute Gasteiger partial charge is 0.478 e. The maximum absolute atomic E-state index is 11.3. The Hall–Kier alpha value is -1.95. The van der Waals surface area contributed by atoms with Crippen molar-refractivity contribution in [2.45, 2.75) is 18.9 Å². The van der Waals surface area contributed by atoms with Gasteiger partial charge < -0.3 is 10.0 Å². The highest BCUT2D eigenvalue weighted by atomic mass is 16.4. The summed E-state index contributed by atoms with van der Waals surface area (Å²) in [5, 5.41) is 17.6. The molecule has 0 amide bonds. The summed E-state index contributed by atoms with van der Waals surface area (Å²) >= 11 is 0. The fourth-order valence-corrected chi connectivity index (χ4v) is 2.66. The number of rotatable bonds is 2. The van der Waals surface area contributed by atoms with Gasteiger partial charge in [0.2, 0.25) is 0 Å². The SMILES string of the molecule is CN1CCC(n2nnc3cccc(C(=O)O)c32)CC1. The zero-order chi connectivity index (χ0) is 13.4. The monoisotopic (exact) mass is 260 g/mol. The van der Waals surface area contributed by atoms with E-state index in [2.05, 4.69) is 22.3 Å². The van der Waals surface area contributed by atoms with Gasteiger partial charge in [-0.15, -0.1) is 5.10 Å². The van der Waals surface area contributed by atoms with Crippen LogP contribution in [0.2, 0.25) is 0 Å². The lowest BCUT2D eigenvalue weighted by Gasteiger charge is -2.29. The molecule has 100 valence electrons. The van der Waals surface area contributed by atoms with Crippen LogP contribution in [0.4, 0.5) is 0 Å². The molecule has 19 heavy (non-hydrogen) atoms. The Balaban J connectivity index is 2.06. The summed E-state index contributed by atoms with van der Waals surface area (Å²) in [6.07, 6.45) is 1.95. The number of carboxylic acid groups (broad SMARTS) is 1. The van der Waals surface area contributed by atoms with E-state index in [9.17, 15) is 9.90 Å². The molecule has 0 aliphatic carbocycles. The molecule has 1 saturated heterocycles. The third-order valence-electron chi connectivity index (χ3n) is 3.76. The average molecular weight is 260 g/mol. The lowest BCUT2D eigenvalue weighted by molar-refractivity contribution is 0.0698. The summed E-state index contributed by atoms with van der Waals surface area (Å²) in [5.74, 6) is -0.929. The van der Waals surface area contributed by atoms with Crippen LogP contribution in [0.25, 0.3) is 11.0 Å². The predicted octanol–water partition coefficient (Wildman–Crippen LogP) is 1.40. The second kappa shape index (κ2) is 4.62. The smallest absolute Gasteiger partial charge is 0.337 e. The number of aromatic carboxylic acids is 1. The topological polar surface area (TPSA) is 71.2 Å². The minimum Gasteiger partial charge on any atom is -0.478 e. The van der Waals surface area contributed by atoms with Crippen molar-refractivity contribution in [1.29, 1.82) is 0 Å². The molecule has 1 fully saturated rings. The van der Waals surface area contributed by atoms with E-state index in [-0.39, 0.29) is 11.6 Å². The van der Waals surface area contributed by atoms with Crippen molar-refractivity contribution in [3.63, 3.8) is 0 Å². The molecule has 0 radical (unpaired) electrons. The quantitative estimate of drug-likeness (QED) is 0.883. The predicted molar refractivity (Wildman–Crippen MR) is 70.3 cm³/mol. The highest BCUT2D eigenvalue weighted by Crippen LogP contribution is 2.26. The number of fused-ring (bicyclic) bond motifs is 1. The second-order valence-corrected chi connectivity index (χ2v) is 5.05. The minimum absolute atomic E-state index is 0.238. The summed E-state index contributed by atoms with van der Waals surface area (Å²) in [6.45, 7) is 2.00. The lowest BCUT2D eigenvalue weighted by atomic mass is 10.0. The summed E-state index contributed by atoms with van der Waals surface area (Å²) in [7, 11) is 2.10. The van der Waals surface area contributed by atoms with E-state index in [1.54, 1.807) is 22.9 Å². The summed E-state index contributed by atoms with van der Waals surface area (Å²) in [6, 6.07) is 5.36. The van der Waals surface area contributed by atoms with Gasteiger partial charge >= 0.3 is 5.97 Å². The molecule has 1 aliphatic heterocycles. The van der Waals surface area contributed by atoms with Gasteiger partial charge in [-0.05, 0) is 45.1 Å². The number of aromatic nitrogens is 3. The maximum atomic E-state index is 11.3. The molecule has 0 spiro atoms. The Labute approximate surface area is 110 Å². The molecule has 6 nitrogen and oxygen atoms in total. The molecule has 1 N–H and O–H groups in total. The summed E-state index contributed by atoms with van der Waals surface area (Å²) in [4.78, 5) is 13.6. The summed E-state index contributed by atoms with van der Waals surface area (Å²) in [5.41, 5.74) is 1.57. The van der Waals surface area contributed by atoms with Crippen LogP contribution < -0.4 is 0 Å². The lowest BCUT2D eigenvalue weighted by Crippen LogP contribution is -2.32. The first kappa shape index (κ1) is 12.1. The number of carbonyl (C=O) groups is 1. The molecule has 0 unspecified atom stereocenters. The molecule has 0 atom stereocenters. The van der Waals surface area contributed by atoms with Gasteiger partial charge in [0.25, 0.3) is 0 Å². The van der Waals surface area contributed by atoms with E-state index in [4.69, 9.17) is 0 Å². The Kier molecular flexibility index (Phi) is 2.94. The number of hydrogen-bond acceptors (Lipinski definition) is 4. The molecule has 6 heteroatoms. The third-order valence-corrected chi connectivity index (χ3v) is 3.76. The fraction of sp³-hybridized carbons (Fsp3) is 0.462. The van der Waals surface area contributed by atoms with Gasteiger partial charge in [-0.2, -0.15) is 0 Å². The van der Waals surface area contributed by atoms with Crippen LogP contribution >= 0.6 is 0 Å². The molecule has 0 bridgehead atoms. The molecular formula is C13H16N4O2. The molecule has 2 aromatic rings. The molecule has 1 aromatic carbocycles. The van der Waals surface area contributed by atoms with Crippen molar-refractivity contribution >= 4 is 17.0 Å². The average Bonchev–Trinajstić information content (AvgIpc) is 2.83. The third kappa shape index (κ3) is 2.08. The first-order valence-corrected chi connectivity index (χ1v) is 6.42. The fourth-order valence-electron chi connectivity index (χ4n) is 2.66. The van der Waals surface area contributed by atoms with Gasteiger partial charge in [-0.3, -0.25) is 0 Å². The van der Waals surface area contributed by atoms with Crippen molar-refractivity contribution in [3.8, 4) is 0 Å². The van der Waals surface area contributed by atoms with Crippen LogP contribution in [0.1, 0.15) is 29.2 Å². The number of likely N-dealkylation sites (tertiary alicyclic amines) is 1. The van der Waals surface area contributed by atoms with Crippen LogP contribution in [-0.2, 0) is 0 Å². The second-order valence-electron chi connectivity index (χ2n) is 5.05. The van der Waals surface area contributed by atoms with E-state index in [1.807, 2.05) is 0 Å². The number of piperidine rings is 1. The highest BCUT2D eigenvalue weighted by Gasteiger charge is 2.23. The van der Waals surface area contributed by atoms with E-state index in [1.165, 1.54) is 0 Å². The van der Waals surface area contributed by atoms with Gasteiger partial charge in [-0.1, -0.05) is 11.3 Å². The Morgan fingerprint density at radius 1 is 1.37 bits per heavy atom. The molecule has 3 rings (SSSR count). The van der Waals surface area contributed by atoms with Crippen LogP contribution in [0.3, 0.4) is 0 Å². The van der Waals surface area contributed by atoms with Crippen LogP contribution in [-0.4, -0.2) is 51.1 Å². The zero-order valence-corrected chi connectivity index (χ0v) is 10.8. The standard InChI is InChI=1S/C13H16N4O2/c1-16-7-5-9(6-8-16)17-12-10(13(18)19)3-2-4-11(12)14-15-17/h2-4,9H,5-8H2,1H3,(H,18,19). The van der Waals surface area contributed by atoms with Gasteiger partial charge in [0.1, 0.15) is 11.0 Å². The van der Waals surface area contributed by atoms with Crippen molar-refractivity contribution < 1.29 is 9.90 Å². The molecule has 1 aromatic heterocycles. The number of para-hydroxylation sites is 1. The Bertz CT molecular complexity index is 614. The van der Waals surface area contributed by atoms with Gasteiger partial charge in [0.05, 0.1) is 11.6 Å². The molecular weight excluding hydrogens is 244 g/mol. The highest BCUT2D eigenvalue weighted by molar-refractivity contribution is 6.00. The Morgan fingerprint density at radius 3 is 2.79 bits per heavy atom.